The maximum Gasteiger partial charge on any atom is 0.267 e. The molecule has 3 atom stereocenters. The van der Waals surface area contributed by atoms with Crippen LogP contribution in [0.15, 0.2) is 23.1 Å². The van der Waals surface area contributed by atoms with Crippen LogP contribution in [0, 0.1) is 29.0 Å². The lowest BCUT2D eigenvalue weighted by Gasteiger charge is -2.24. The van der Waals surface area contributed by atoms with E-state index in [1.807, 2.05) is 6.07 Å². The van der Waals surface area contributed by atoms with Gasteiger partial charge in [0.25, 0.3) is 5.92 Å². The van der Waals surface area contributed by atoms with E-state index >= 15 is 0 Å². The van der Waals surface area contributed by atoms with Crippen molar-refractivity contribution in [1.82, 2.24) is 10.2 Å². The zero-order valence-corrected chi connectivity index (χ0v) is 18.9. The second kappa shape index (κ2) is 8.17. The van der Waals surface area contributed by atoms with Crippen molar-refractivity contribution in [3.8, 4) is 6.07 Å². The maximum atomic E-state index is 13.7. The summed E-state index contributed by atoms with van der Waals surface area (Å²) in [5.74, 6) is -7.39. The highest BCUT2D eigenvalue weighted by atomic mass is 35.5. The number of carbonyl (C=O) groups is 2. The molecule has 1 aromatic carbocycles. The van der Waals surface area contributed by atoms with Crippen LogP contribution in [0.25, 0.3) is 0 Å². The number of nitriles is 1. The van der Waals surface area contributed by atoms with Gasteiger partial charge in [0.2, 0.25) is 11.8 Å². The fraction of sp³-hybridized carbons (Fsp3) is 0.571. The third kappa shape index (κ3) is 4.55. The maximum absolute atomic E-state index is 13.7. The molecule has 2 aliphatic carbocycles. The van der Waals surface area contributed by atoms with Crippen LogP contribution in [0.5, 0.6) is 0 Å². The van der Waals surface area contributed by atoms with E-state index < -0.39 is 69.0 Å². The fourth-order valence-electron chi connectivity index (χ4n) is 4.57. The predicted octanol–water partition coefficient (Wildman–Crippen LogP) is 2.69. The van der Waals surface area contributed by atoms with Gasteiger partial charge in [0.05, 0.1) is 39.6 Å². The Bertz CT molecular complexity index is 1150. The number of carbonyl (C=O) groups excluding carboxylic acids is 2. The van der Waals surface area contributed by atoms with Crippen molar-refractivity contribution in [2.45, 2.75) is 53.7 Å². The summed E-state index contributed by atoms with van der Waals surface area (Å²) in [4.78, 5) is 26.7. The lowest BCUT2D eigenvalue weighted by Crippen LogP contribution is -2.45. The van der Waals surface area contributed by atoms with Crippen LogP contribution in [0.3, 0.4) is 0 Å². The van der Waals surface area contributed by atoms with Gasteiger partial charge in [-0.1, -0.05) is 11.6 Å². The zero-order valence-electron chi connectivity index (χ0n) is 17.4. The third-order valence-electron chi connectivity index (χ3n) is 6.62. The average molecular weight is 504 g/mol. The van der Waals surface area contributed by atoms with Gasteiger partial charge in [-0.25, -0.2) is 21.6 Å². The van der Waals surface area contributed by atoms with E-state index in [0.29, 0.717) is 12.8 Å². The van der Waals surface area contributed by atoms with Crippen LogP contribution >= 0.6 is 11.6 Å². The van der Waals surface area contributed by atoms with Crippen LogP contribution in [0.2, 0.25) is 5.02 Å². The normalized spacial score (nSPS) is 27.7. The fourth-order valence-corrected chi connectivity index (χ4v) is 6.93. The van der Waals surface area contributed by atoms with Gasteiger partial charge in [-0.2, -0.15) is 5.26 Å². The summed E-state index contributed by atoms with van der Waals surface area (Å²) in [6.45, 7) is -0.986. The Kier molecular flexibility index (Phi) is 5.90. The summed E-state index contributed by atoms with van der Waals surface area (Å²) < 4.78 is 67.3. The third-order valence-corrected chi connectivity index (χ3v) is 9.28. The second-order valence-electron chi connectivity index (χ2n) is 8.98. The van der Waals surface area contributed by atoms with Crippen LogP contribution < -0.4 is 5.32 Å². The first-order valence-corrected chi connectivity index (χ1v) is 12.4. The first-order valence-electron chi connectivity index (χ1n) is 10.5. The Labute approximate surface area is 193 Å². The van der Waals surface area contributed by atoms with Crippen molar-refractivity contribution in [3.63, 3.8) is 0 Å². The minimum Gasteiger partial charge on any atom is -0.338 e. The number of rotatable bonds is 5. The Morgan fingerprint density at radius 2 is 1.85 bits per heavy atom. The SMILES string of the molecule is N#CC1(NC(=O)[C@@H]2C[C@@H](S(=O)(=O)c3ccc(F)cc3Cl)C[C@H]2C(=O)N2CCC(F)(F)C2)CC1. The van der Waals surface area contributed by atoms with Crippen molar-refractivity contribution in [3.05, 3.63) is 29.0 Å². The van der Waals surface area contributed by atoms with Crippen molar-refractivity contribution < 1.29 is 31.2 Å². The van der Waals surface area contributed by atoms with Gasteiger partial charge in [0, 0.05) is 13.0 Å². The standard InChI is InChI=1S/C21H21ClF3N3O4S/c22-16-7-12(23)1-2-17(16)33(31,32)13-8-14(18(29)27-20(10-26)3-4-20)15(9-13)19(30)28-6-5-21(24,25)11-28/h1-2,7,13-15H,3-6,8-9,11H2,(H,27,29)/t13-,14-,15-/m1/s1. The number of nitrogens with zero attached hydrogens (tertiary/aromatic N) is 2. The Balaban J connectivity index is 1.62. The molecule has 2 saturated carbocycles. The van der Waals surface area contributed by atoms with Crippen LogP contribution in [0.4, 0.5) is 13.2 Å². The molecule has 178 valence electrons. The lowest BCUT2D eigenvalue weighted by molar-refractivity contribution is -0.141. The minimum atomic E-state index is -4.16. The van der Waals surface area contributed by atoms with Crippen LogP contribution in [-0.2, 0) is 19.4 Å². The highest BCUT2D eigenvalue weighted by molar-refractivity contribution is 7.92. The number of halogens is 4. The van der Waals surface area contributed by atoms with Gasteiger partial charge >= 0.3 is 0 Å². The van der Waals surface area contributed by atoms with Crippen LogP contribution in [-0.4, -0.2) is 54.9 Å². The molecular formula is C21H21ClF3N3O4S. The van der Waals surface area contributed by atoms with Gasteiger partial charge in [-0.05, 0) is 43.9 Å². The molecule has 7 nitrogen and oxygen atoms in total. The first-order chi connectivity index (χ1) is 15.4. The number of sulfone groups is 1. The quantitative estimate of drug-likeness (QED) is 0.622. The number of benzene rings is 1. The molecule has 0 radical (unpaired) electrons. The molecule has 1 aliphatic heterocycles. The minimum absolute atomic E-state index is 0.194. The molecule has 2 amide bonds. The average Bonchev–Trinajstić information content (AvgIpc) is 3.18. The molecule has 0 aromatic heterocycles. The highest BCUT2D eigenvalue weighted by Gasteiger charge is 2.53. The summed E-state index contributed by atoms with van der Waals surface area (Å²) in [6.07, 6.45) is -0.150. The summed E-state index contributed by atoms with van der Waals surface area (Å²) in [5, 5.41) is 10.3. The second-order valence-corrected chi connectivity index (χ2v) is 11.6. The summed E-state index contributed by atoms with van der Waals surface area (Å²) in [7, 11) is -4.16. The van der Waals surface area contributed by atoms with Crippen molar-refractivity contribution in [2.24, 2.45) is 11.8 Å². The summed E-state index contributed by atoms with van der Waals surface area (Å²) in [5.41, 5.74) is -1.04. The van der Waals surface area contributed by atoms with Crippen molar-refractivity contribution in [1.29, 1.82) is 5.26 Å². The molecule has 0 unspecified atom stereocenters. The Morgan fingerprint density at radius 3 is 2.39 bits per heavy atom. The van der Waals surface area contributed by atoms with Crippen molar-refractivity contribution >= 4 is 33.3 Å². The van der Waals surface area contributed by atoms with E-state index in [-0.39, 0.29) is 29.3 Å². The van der Waals surface area contributed by atoms with Gasteiger partial charge < -0.3 is 10.2 Å². The number of alkyl halides is 2. The van der Waals surface area contributed by atoms with Crippen molar-refractivity contribution in [2.75, 3.05) is 13.1 Å². The first kappa shape index (κ1) is 23.8. The van der Waals surface area contributed by atoms with Gasteiger partial charge in [0.15, 0.2) is 9.84 Å². The molecule has 1 heterocycles. The highest BCUT2D eigenvalue weighted by Crippen LogP contribution is 2.43. The van der Waals surface area contributed by atoms with E-state index in [1.165, 1.54) is 0 Å². The Morgan fingerprint density at radius 1 is 1.18 bits per heavy atom. The molecule has 1 aromatic rings. The van der Waals surface area contributed by atoms with E-state index in [1.54, 1.807) is 0 Å². The van der Waals surface area contributed by atoms with E-state index in [4.69, 9.17) is 11.6 Å². The lowest BCUT2D eigenvalue weighted by atomic mass is 9.93. The molecule has 12 heteroatoms. The van der Waals surface area contributed by atoms with Crippen LogP contribution in [0.1, 0.15) is 32.1 Å². The largest absolute Gasteiger partial charge is 0.338 e. The topological polar surface area (TPSA) is 107 Å². The van der Waals surface area contributed by atoms with Gasteiger partial charge in [-0.3, -0.25) is 9.59 Å². The monoisotopic (exact) mass is 503 g/mol. The predicted molar refractivity (Wildman–Crippen MR) is 110 cm³/mol. The molecule has 4 rings (SSSR count). The molecule has 1 N–H and O–H groups in total. The number of nitrogens with one attached hydrogen (secondary N) is 1. The van der Waals surface area contributed by atoms with Gasteiger partial charge in [0.1, 0.15) is 11.4 Å². The van der Waals surface area contributed by atoms with Gasteiger partial charge in [-0.15, -0.1) is 0 Å². The van der Waals surface area contributed by atoms with E-state index in [2.05, 4.69) is 5.32 Å². The number of hydrogen-bond acceptors (Lipinski definition) is 5. The molecule has 3 fully saturated rings. The Hall–Kier alpha value is -2.32. The molecule has 3 aliphatic rings. The zero-order chi connectivity index (χ0) is 24.2. The molecular weight excluding hydrogens is 483 g/mol. The molecule has 33 heavy (non-hydrogen) atoms. The number of amides is 2. The summed E-state index contributed by atoms with van der Waals surface area (Å²) >= 11 is 5.95. The summed E-state index contributed by atoms with van der Waals surface area (Å²) in [6, 6.07) is 4.81. The molecule has 1 saturated heterocycles. The van der Waals surface area contributed by atoms with E-state index in [0.717, 1.165) is 23.1 Å². The molecule has 0 spiro atoms. The smallest absolute Gasteiger partial charge is 0.267 e. The number of hydrogen-bond donors (Lipinski definition) is 1. The van der Waals surface area contributed by atoms with E-state index in [9.17, 15) is 36.4 Å². The molecule has 0 bridgehead atoms. The number of likely N-dealkylation sites (tertiary alicyclic amines) is 1.